The molecule has 4 aliphatic carbocycles. The maximum absolute atomic E-state index is 13.6. The van der Waals surface area contributed by atoms with Crippen LogP contribution in [0.15, 0.2) is 24.3 Å². The highest BCUT2D eigenvalue weighted by Crippen LogP contribution is 2.53. The summed E-state index contributed by atoms with van der Waals surface area (Å²) in [5, 5.41) is 15.6. The van der Waals surface area contributed by atoms with Gasteiger partial charge in [0.15, 0.2) is 0 Å². The number of benzene rings is 1. The van der Waals surface area contributed by atoms with Crippen LogP contribution in [0.4, 0.5) is 0 Å². The molecule has 1 aliphatic heterocycles. The first kappa shape index (κ1) is 22.9. The van der Waals surface area contributed by atoms with E-state index < -0.39 is 12.1 Å². The molecule has 2 N–H and O–H groups in total. The number of nitriles is 1. The number of carbonyl (C=O) groups is 3. The van der Waals surface area contributed by atoms with Crippen LogP contribution in [0.1, 0.15) is 63.0 Å². The lowest BCUT2D eigenvalue weighted by atomic mass is 9.54. The van der Waals surface area contributed by atoms with Gasteiger partial charge in [-0.2, -0.15) is 5.26 Å². The van der Waals surface area contributed by atoms with Crippen LogP contribution in [0.25, 0.3) is 0 Å². The lowest BCUT2D eigenvalue weighted by Gasteiger charge is -2.54. The Morgan fingerprint density at radius 1 is 1.09 bits per heavy atom. The molecule has 6 rings (SSSR count). The fourth-order valence-electron chi connectivity index (χ4n) is 7.40. The number of carbonyl (C=O) groups excluding carboxylic acids is 3. The number of hydrogen-bond donors (Lipinski definition) is 2. The second-order valence-corrected chi connectivity index (χ2v) is 10.9. The molecule has 0 spiro atoms. The van der Waals surface area contributed by atoms with Crippen molar-refractivity contribution in [1.29, 1.82) is 5.26 Å². The summed E-state index contributed by atoms with van der Waals surface area (Å²) in [7, 11) is 0. The maximum Gasteiger partial charge on any atom is 0.246 e. The van der Waals surface area contributed by atoms with E-state index in [2.05, 4.69) is 16.7 Å². The van der Waals surface area contributed by atoms with Gasteiger partial charge in [0.1, 0.15) is 12.1 Å². The molecular weight excluding hydrogens is 428 g/mol. The summed E-state index contributed by atoms with van der Waals surface area (Å²) in [6.07, 6.45) is 7.94. The third-order valence-corrected chi connectivity index (χ3v) is 8.61. The van der Waals surface area contributed by atoms with Crippen LogP contribution in [0, 0.1) is 35.0 Å². The van der Waals surface area contributed by atoms with Crippen LogP contribution in [-0.2, 0) is 20.8 Å². The molecule has 0 radical (unpaired) electrons. The fraction of sp³-hybridized carbons (Fsp3) is 0.630. The molecule has 5 fully saturated rings. The van der Waals surface area contributed by atoms with Gasteiger partial charge in [-0.05, 0) is 80.2 Å². The number of rotatable bonds is 6. The summed E-state index contributed by atoms with van der Waals surface area (Å²) in [6.45, 7) is 1.89. The van der Waals surface area contributed by atoms with E-state index in [0.717, 1.165) is 18.3 Å². The maximum atomic E-state index is 13.6. The second kappa shape index (κ2) is 9.40. The Morgan fingerprint density at radius 3 is 2.41 bits per heavy atom. The SMILES string of the molecule is CC(=O)NC(Cc1ccccc1C#N)C(=O)N1CCCC1C(=O)NC1C2CC3CC(C2)CC1C3. The summed E-state index contributed by atoms with van der Waals surface area (Å²) in [5.74, 6) is 2.26. The highest BCUT2D eigenvalue weighted by molar-refractivity contribution is 5.92. The first-order valence-corrected chi connectivity index (χ1v) is 12.8. The zero-order chi connectivity index (χ0) is 23.8. The predicted molar refractivity (Wildman–Crippen MR) is 126 cm³/mol. The van der Waals surface area contributed by atoms with Gasteiger partial charge in [0.05, 0.1) is 11.6 Å². The van der Waals surface area contributed by atoms with Crippen molar-refractivity contribution in [1.82, 2.24) is 15.5 Å². The smallest absolute Gasteiger partial charge is 0.246 e. The first-order valence-electron chi connectivity index (χ1n) is 12.8. The molecule has 2 unspecified atom stereocenters. The van der Waals surface area contributed by atoms with E-state index in [4.69, 9.17) is 0 Å². The van der Waals surface area contributed by atoms with Crippen molar-refractivity contribution in [2.75, 3.05) is 6.54 Å². The van der Waals surface area contributed by atoms with Gasteiger partial charge in [-0.15, -0.1) is 0 Å². The Morgan fingerprint density at radius 2 is 1.76 bits per heavy atom. The van der Waals surface area contributed by atoms with Crippen molar-refractivity contribution in [3.63, 3.8) is 0 Å². The average molecular weight is 463 g/mol. The van der Waals surface area contributed by atoms with E-state index in [1.807, 2.05) is 6.07 Å². The van der Waals surface area contributed by atoms with E-state index >= 15 is 0 Å². The monoisotopic (exact) mass is 462 g/mol. The van der Waals surface area contributed by atoms with E-state index in [1.54, 1.807) is 23.1 Å². The van der Waals surface area contributed by atoms with Crippen molar-refractivity contribution >= 4 is 17.7 Å². The lowest BCUT2D eigenvalue weighted by molar-refractivity contribution is -0.142. The third kappa shape index (κ3) is 4.43. The summed E-state index contributed by atoms with van der Waals surface area (Å²) in [5.41, 5.74) is 1.20. The molecule has 1 aromatic rings. The highest BCUT2D eigenvalue weighted by Gasteiger charge is 2.49. The molecule has 1 aromatic carbocycles. The Hall–Kier alpha value is -2.88. The molecule has 3 amide bonds. The molecule has 1 heterocycles. The van der Waals surface area contributed by atoms with Crippen molar-refractivity contribution in [3.8, 4) is 6.07 Å². The molecule has 5 aliphatic rings. The van der Waals surface area contributed by atoms with Gasteiger partial charge in [0.25, 0.3) is 0 Å². The minimum atomic E-state index is -0.804. The zero-order valence-corrected chi connectivity index (χ0v) is 19.8. The van der Waals surface area contributed by atoms with E-state index in [0.29, 0.717) is 35.9 Å². The molecule has 4 bridgehead atoms. The molecule has 1 saturated heterocycles. The first-order chi connectivity index (χ1) is 16.4. The summed E-state index contributed by atoms with van der Waals surface area (Å²) in [4.78, 5) is 40.6. The number of amides is 3. The topological polar surface area (TPSA) is 102 Å². The normalized spacial score (nSPS) is 32.2. The number of likely N-dealkylation sites (tertiary alicyclic amines) is 1. The van der Waals surface area contributed by atoms with Crippen LogP contribution in [0.2, 0.25) is 0 Å². The minimum Gasteiger partial charge on any atom is -0.351 e. The standard InChI is InChI=1S/C27H34N4O3/c1-16(32)29-23(14-19-5-2-3-6-20(19)15-28)27(34)31-8-4-7-24(31)26(33)30-25-21-10-17-9-18(12-21)13-22(25)11-17/h2-3,5-6,17-18,21-25H,4,7-14H2,1H3,(H,29,32)(H,30,33). The Bertz CT molecular complexity index is 987. The van der Waals surface area contributed by atoms with Crippen molar-refractivity contribution < 1.29 is 14.4 Å². The van der Waals surface area contributed by atoms with Crippen LogP contribution >= 0.6 is 0 Å². The molecule has 2 atom stereocenters. The Balaban J connectivity index is 1.29. The number of nitrogens with zero attached hydrogens (tertiary/aromatic N) is 2. The van der Waals surface area contributed by atoms with E-state index in [9.17, 15) is 19.6 Å². The highest BCUT2D eigenvalue weighted by atomic mass is 16.2. The molecular formula is C27H34N4O3. The molecule has 4 saturated carbocycles. The third-order valence-electron chi connectivity index (χ3n) is 8.61. The Labute approximate surface area is 201 Å². The largest absolute Gasteiger partial charge is 0.351 e. The van der Waals surface area contributed by atoms with Gasteiger partial charge in [-0.3, -0.25) is 14.4 Å². The van der Waals surface area contributed by atoms with Crippen LogP contribution < -0.4 is 10.6 Å². The number of nitrogens with one attached hydrogen (secondary N) is 2. The van der Waals surface area contributed by atoms with Crippen LogP contribution in [0.3, 0.4) is 0 Å². The van der Waals surface area contributed by atoms with Crippen LogP contribution in [-0.4, -0.2) is 47.3 Å². The fourth-order valence-corrected chi connectivity index (χ4v) is 7.40. The number of hydrogen-bond acceptors (Lipinski definition) is 4. The quantitative estimate of drug-likeness (QED) is 0.678. The van der Waals surface area contributed by atoms with Gasteiger partial charge in [-0.25, -0.2) is 0 Å². The zero-order valence-electron chi connectivity index (χ0n) is 19.8. The van der Waals surface area contributed by atoms with Gasteiger partial charge in [-0.1, -0.05) is 18.2 Å². The summed E-state index contributed by atoms with van der Waals surface area (Å²) < 4.78 is 0. The minimum absolute atomic E-state index is 0.0395. The lowest BCUT2D eigenvalue weighted by Crippen LogP contribution is -2.59. The van der Waals surface area contributed by atoms with Crippen molar-refractivity contribution in [2.24, 2.45) is 23.7 Å². The van der Waals surface area contributed by atoms with E-state index in [-0.39, 0.29) is 30.2 Å². The van der Waals surface area contributed by atoms with Crippen LogP contribution in [0.5, 0.6) is 0 Å². The van der Waals surface area contributed by atoms with Gasteiger partial charge in [0, 0.05) is 25.9 Å². The summed E-state index contributed by atoms with van der Waals surface area (Å²) in [6, 6.07) is 8.22. The van der Waals surface area contributed by atoms with Gasteiger partial charge >= 0.3 is 0 Å². The second-order valence-electron chi connectivity index (χ2n) is 10.9. The van der Waals surface area contributed by atoms with Gasteiger partial charge < -0.3 is 15.5 Å². The average Bonchev–Trinajstić information content (AvgIpc) is 3.30. The summed E-state index contributed by atoms with van der Waals surface area (Å²) >= 11 is 0. The molecule has 180 valence electrons. The van der Waals surface area contributed by atoms with Gasteiger partial charge in [0.2, 0.25) is 17.7 Å². The Kier molecular flexibility index (Phi) is 6.33. The van der Waals surface area contributed by atoms with Crippen molar-refractivity contribution in [2.45, 2.75) is 76.4 Å². The predicted octanol–water partition coefficient (Wildman–Crippen LogP) is 2.54. The molecule has 34 heavy (non-hydrogen) atoms. The van der Waals surface area contributed by atoms with Crippen molar-refractivity contribution in [3.05, 3.63) is 35.4 Å². The molecule has 0 aromatic heterocycles. The van der Waals surface area contributed by atoms with E-state index in [1.165, 1.54) is 39.0 Å². The molecule has 7 nitrogen and oxygen atoms in total. The molecule has 7 heteroatoms.